The lowest BCUT2D eigenvalue weighted by Gasteiger charge is -2.35. The Morgan fingerprint density at radius 2 is 1.69 bits per heavy atom. The molecule has 0 saturated carbocycles. The summed E-state index contributed by atoms with van der Waals surface area (Å²) in [6.45, 7) is 5.30. The van der Waals surface area contributed by atoms with Crippen molar-refractivity contribution in [2.45, 2.75) is 51.7 Å². The molecule has 0 aliphatic carbocycles. The highest BCUT2D eigenvalue weighted by atomic mass is 19.3. The summed E-state index contributed by atoms with van der Waals surface area (Å²) in [7, 11) is 0. The molecule has 0 radical (unpaired) electrons. The second kappa shape index (κ2) is 8.01. The van der Waals surface area contributed by atoms with Gasteiger partial charge in [0.15, 0.2) is 0 Å². The maximum absolute atomic E-state index is 14.4. The van der Waals surface area contributed by atoms with Crippen molar-refractivity contribution in [2.75, 3.05) is 13.1 Å². The first kappa shape index (κ1) is 20.1. The van der Waals surface area contributed by atoms with Gasteiger partial charge in [-0.1, -0.05) is 30.3 Å². The van der Waals surface area contributed by atoms with Gasteiger partial charge in [-0.05, 0) is 39.2 Å². The number of hydrogen-bond donors (Lipinski definition) is 0. The van der Waals surface area contributed by atoms with Crippen LogP contribution in [-0.2, 0) is 20.9 Å². The van der Waals surface area contributed by atoms with Crippen molar-refractivity contribution in [3.05, 3.63) is 35.9 Å². The molecular weight excluding hydrogens is 344 g/mol. The minimum atomic E-state index is -3.57. The number of esters is 1. The molecule has 0 spiro atoms. The smallest absolute Gasteiger partial charge is 0.410 e. The summed E-state index contributed by atoms with van der Waals surface area (Å²) in [6, 6.07) is 8.68. The molecule has 1 aliphatic heterocycles. The molecule has 1 aliphatic rings. The van der Waals surface area contributed by atoms with Gasteiger partial charge in [-0.15, -0.1) is 0 Å². The maximum atomic E-state index is 14.4. The Labute approximate surface area is 152 Å². The lowest BCUT2D eigenvalue weighted by Crippen LogP contribution is -2.47. The number of benzene rings is 1. The Hall–Kier alpha value is -2.18. The fourth-order valence-electron chi connectivity index (χ4n) is 2.74. The minimum Gasteiger partial charge on any atom is -0.456 e. The standard InChI is InChI=1S/C19H25F2NO4/c1-18(2,3)26-17(24)22-11-9-15(10-12-22)19(20,21)16(23)25-13-14-7-5-4-6-8-14/h4-8,15H,9-13H2,1-3H3. The first-order valence-electron chi connectivity index (χ1n) is 8.66. The van der Waals surface area contributed by atoms with Crippen LogP contribution >= 0.6 is 0 Å². The zero-order valence-electron chi connectivity index (χ0n) is 15.3. The predicted molar refractivity (Wildman–Crippen MR) is 91.7 cm³/mol. The molecule has 7 heteroatoms. The quantitative estimate of drug-likeness (QED) is 0.753. The summed E-state index contributed by atoms with van der Waals surface area (Å²) in [5.74, 6) is -6.24. The van der Waals surface area contributed by atoms with E-state index in [1.165, 1.54) is 4.90 Å². The van der Waals surface area contributed by atoms with Crippen molar-refractivity contribution >= 4 is 12.1 Å². The Morgan fingerprint density at radius 3 is 2.23 bits per heavy atom. The van der Waals surface area contributed by atoms with Gasteiger partial charge in [0.25, 0.3) is 0 Å². The third-order valence-electron chi connectivity index (χ3n) is 4.14. The van der Waals surface area contributed by atoms with E-state index in [1.54, 1.807) is 51.1 Å². The average Bonchev–Trinajstić information content (AvgIpc) is 2.59. The molecule has 0 unspecified atom stereocenters. The normalized spacial score (nSPS) is 16.3. The van der Waals surface area contributed by atoms with Crippen molar-refractivity contribution < 1.29 is 27.8 Å². The Balaban J connectivity index is 1.86. The molecule has 0 N–H and O–H groups in total. The number of likely N-dealkylation sites (tertiary alicyclic amines) is 1. The van der Waals surface area contributed by atoms with Crippen LogP contribution in [0, 0.1) is 5.92 Å². The van der Waals surface area contributed by atoms with E-state index in [0.717, 1.165) is 0 Å². The van der Waals surface area contributed by atoms with Crippen molar-refractivity contribution in [1.29, 1.82) is 0 Å². The fraction of sp³-hybridized carbons (Fsp3) is 0.579. The summed E-state index contributed by atoms with van der Waals surface area (Å²) in [4.78, 5) is 25.2. The molecule has 0 bridgehead atoms. The Kier molecular flexibility index (Phi) is 6.21. The van der Waals surface area contributed by atoms with Crippen molar-refractivity contribution in [3.8, 4) is 0 Å². The number of ether oxygens (including phenoxy) is 2. The summed E-state index contributed by atoms with van der Waals surface area (Å²) >= 11 is 0. The SMILES string of the molecule is CC(C)(C)OC(=O)N1CCC(C(F)(F)C(=O)OCc2ccccc2)CC1. The number of piperidine rings is 1. The van der Waals surface area contributed by atoms with Crippen LogP contribution in [-0.4, -0.2) is 41.6 Å². The number of nitrogens with zero attached hydrogens (tertiary/aromatic N) is 1. The highest BCUT2D eigenvalue weighted by Gasteiger charge is 2.50. The summed E-state index contributed by atoms with van der Waals surface area (Å²) in [5.41, 5.74) is 0.00967. The van der Waals surface area contributed by atoms with Gasteiger partial charge in [-0.25, -0.2) is 9.59 Å². The van der Waals surface area contributed by atoms with Crippen molar-refractivity contribution in [2.24, 2.45) is 5.92 Å². The number of hydrogen-bond acceptors (Lipinski definition) is 4. The monoisotopic (exact) mass is 369 g/mol. The van der Waals surface area contributed by atoms with E-state index < -0.39 is 29.5 Å². The Morgan fingerprint density at radius 1 is 1.12 bits per heavy atom. The van der Waals surface area contributed by atoms with Crippen molar-refractivity contribution in [3.63, 3.8) is 0 Å². The zero-order valence-corrected chi connectivity index (χ0v) is 15.3. The molecule has 5 nitrogen and oxygen atoms in total. The van der Waals surface area contributed by atoms with Gasteiger partial charge in [-0.3, -0.25) is 0 Å². The molecule has 1 aromatic carbocycles. The van der Waals surface area contributed by atoms with Gasteiger partial charge in [0, 0.05) is 19.0 Å². The van der Waals surface area contributed by atoms with Gasteiger partial charge >= 0.3 is 18.0 Å². The van der Waals surface area contributed by atoms with E-state index >= 15 is 0 Å². The lowest BCUT2D eigenvalue weighted by molar-refractivity contribution is -0.184. The Bertz CT molecular complexity index is 620. The molecule has 1 aromatic rings. The van der Waals surface area contributed by atoms with Crippen LogP contribution in [0.15, 0.2) is 30.3 Å². The van der Waals surface area contributed by atoms with Gasteiger partial charge < -0.3 is 14.4 Å². The third kappa shape index (κ3) is 5.41. The van der Waals surface area contributed by atoms with E-state index in [9.17, 15) is 18.4 Å². The second-order valence-electron chi connectivity index (χ2n) is 7.43. The van der Waals surface area contributed by atoms with E-state index in [-0.39, 0.29) is 32.5 Å². The molecule has 1 fully saturated rings. The molecule has 0 atom stereocenters. The second-order valence-corrected chi connectivity index (χ2v) is 7.43. The van der Waals surface area contributed by atoms with Crippen LogP contribution in [0.5, 0.6) is 0 Å². The molecule has 26 heavy (non-hydrogen) atoms. The molecular formula is C19H25F2NO4. The lowest BCUT2D eigenvalue weighted by atomic mass is 9.90. The molecule has 1 saturated heterocycles. The van der Waals surface area contributed by atoms with E-state index in [1.807, 2.05) is 0 Å². The third-order valence-corrected chi connectivity index (χ3v) is 4.14. The van der Waals surface area contributed by atoms with Crippen LogP contribution in [0.2, 0.25) is 0 Å². The van der Waals surface area contributed by atoms with Crippen molar-refractivity contribution in [1.82, 2.24) is 4.90 Å². The summed E-state index contributed by atoms with van der Waals surface area (Å²) < 4.78 is 38.8. The summed E-state index contributed by atoms with van der Waals surface area (Å²) in [6.07, 6.45) is -0.481. The molecule has 144 valence electrons. The first-order chi connectivity index (χ1) is 12.1. The molecule has 2 rings (SSSR count). The first-order valence-corrected chi connectivity index (χ1v) is 8.66. The maximum Gasteiger partial charge on any atom is 0.410 e. The average molecular weight is 369 g/mol. The molecule has 1 amide bonds. The number of amides is 1. The molecule has 0 aromatic heterocycles. The highest BCUT2D eigenvalue weighted by molar-refractivity contribution is 5.78. The van der Waals surface area contributed by atoms with E-state index in [4.69, 9.17) is 9.47 Å². The van der Waals surface area contributed by atoms with Gasteiger partial charge in [0.2, 0.25) is 0 Å². The highest BCUT2D eigenvalue weighted by Crippen LogP contribution is 2.34. The fourth-order valence-corrected chi connectivity index (χ4v) is 2.74. The predicted octanol–water partition coefficient (Wildman–Crippen LogP) is 4.01. The van der Waals surface area contributed by atoms with Crippen LogP contribution in [0.1, 0.15) is 39.2 Å². The van der Waals surface area contributed by atoms with Crippen LogP contribution in [0.3, 0.4) is 0 Å². The van der Waals surface area contributed by atoms with Gasteiger partial charge in [0.1, 0.15) is 12.2 Å². The topological polar surface area (TPSA) is 55.8 Å². The van der Waals surface area contributed by atoms with Crippen LogP contribution in [0.25, 0.3) is 0 Å². The number of alkyl halides is 2. The van der Waals surface area contributed by atoms with Gasteiger partial charge in [0.05, 0.1) is 0 Å². The number of rotatable bonds is 4. The molecule has 1 heterocycles. The van der Waals surface area contributed by atoms with Crippen LogP contribution < -0.4 is 0 Å². The number of halogens is 2. The van der Waals surface area contributed by atoms with Gasteiger partial charge in [-0.2, -0.15) is 8.78 Å². The number of carbonyl (C=O) groups excluding carboxylic acids is 2. The van der Waals surface area contributed by atoms with E-state index in [0.29, 0.717) is 5.56 Å². The largest absolute Gasteiger partial charge is 0.456 e. The summed E-state index contributed by atoms with van der Waals surface area (Å²) in [5, 5.41) is 0. The van der Waals surface area contributed by atoms with Crippen LogP contribution in [0.4, 0.5) is 13.6 Å². The zero-order chi connectivity index (χ0) is 19.4. The minimum absolute atomic E-state index is 0.0205. The van der Waals surface area contributed by atoms with E-state index in [2.05, 4.69) is 0 Å². The number of carbonyl (C=O) groups is 2.